The van der Waals surface area contributed by atoms with Crippen LogP contribution in [0.5, 0.6) is 0 Å². The summed E-state index contributed by atoms with van der Waals surface area (Å²) in [6.45, 7) is 5.16. The number of carbonyl (C=O) groups excluding carboxylic acids is 1. The van der Waals surface area contributed by atoms with E-state index in [1.54, 1.807) is 4.90 Å². The molecule has 1 heterocycles. The van der Waals surface area contributed by atoms with Crippen LogP contribution in [0, 0.1) is 5.92 Å². The number of hydrogen-bond acceptors (Lipinski definition) is 4. The van der Waals surface area contributed by atoms with Gasteiger partial charge in [-0.2, -0.15) is 0 Å². The standard InChI is InChI=1S/C15H20N2O4/c1-10(2)9-21-15(20)17-7-11-4-3-5-13(12(11)8-17)16-6-14(18)19/h3-5,10,16H,6-9H2,1-2H3,(H,18,19). The molecule has 0 aliphatic carbocycles. The zero-order valence-electron chi connectivity index (χ0n) is 12.3. The lowest BCUT2D eigenvalue weighted by Gasteiger charge is -2.16. The van der Waals surface area contributed by atoms with Crippen LogP contribution in [0.3, 0.4) is 0 Å². The molecule has 0 spiro atoms. The molecule has 2 N–H and O–H groups in total. The predicted molar refractivity (Wildman–Crippen MR) is 78.0 cm³/mol. The molecule has 0 bridgehead atoms. The first-order valence-electron chi connectivity index (χ1n) is 6.95. The van der Waals surface area contributed by atoms with Crippen LogP contribution in [0.4, 0.5) is 10.5 Å². The average Bonchev–Trinajstić information content (AvgIpc) is 2.86. The normalized spacial score (nSPS) is 13.2. The third kappa shape index (κ3) is 3.87. The van der Waals surface area contributed by atoms with Crippen LogP contribution in [-0.2, 0) is 22.6 Å². The summed E-state index contributed by atoms with van der Waals surface area (Å²) < 4.78 is 5.23. The fourth-order valence-corrected chi connectivity index (χ4v) is 2.22. The monoisotopic (exact) mass is 292 g/mol. The molecule has 1 aliphatic heterocycles. The quantitative estimate of drug-likeness (QED) is 0.870. The molecular weight excluding hydrogens is 272 g/mol. The number of nitrogens with zero attached hydrogens (tertiary/aromatic N) is 1. The van der Waals surface area contributed by atoms with Crippen molar-refractivity contribution in [3.63, 3.8) is 0 Å². The SMILES string of the molecule is CC(C)COC(=O)N1Cc2cccc(NCC(=O)O)c2C1. The van der Waals surface area contributed by atoms with E-state index < -0.39 is 5.97 Å². The number of hydrogen-bond donors (Lipinski definition) is 2. The first-order chi connectivity index (χ1) is 9.97. The van der Waals surface area contributed by atoms with Crippen molar-refractivity contribution >= 4 is 17.7 Å². The molecular formula is C15H20N2O4. The Morgan fingerprint density at radius 1 is 1.38 bits per heavy atom. The van der Waals surface area contributed by atoms with Crippen LogP contribution < -0.4 is 5.32 Å². The summed E-state index contributed by atoms with van der Waals surface area (Å²) in [6, 6.07) is 5.62. The van der Waals surface area contributed by atoms with Crippen LogP contribution in [0.15, 0.2) is 18.2 Å². The van der Waals surface area contributed by atoms with E-state index in [9.17, 15) is 9.59 Å². The van der Waals surface area contributed by atoms with Crippen molar-refractivity contribution in [1.82, 2.24) is 4.90 Å². The molecule has 0 radical (unpaired) electrons. The smallest absolute Gasteiger partial charge is 0.410 e. The number of anilines is 1. The van der Waals surface area contributed by atoms with E-state index in [1.807, 2.05) is 32.0 Å². The zero-order chi connectivity index (χ0) is 15.4. The number of nitrogens with one attached hydrogen (secondary N) is 1. The summed E-state index contributed by atoms with van der Waals surface area (Å²) in [5, 5.41) is 11.6. The largest absolute Gasteiger partial charge is 0.480 e. The van der Waals surface area contributed by atoms with Crippen molar-refractivity contribution in [1.29, 1.82) is 0 Å². The first kappa shape index (κ1) is 15.2. The van der Waals surface area contributed by atoms with Crippen molar-refractivity contribution in [2.45, 2.75) is 26.9 Å². The molecule has 1 amide bonds. The van der Waals surface area contributed by atoms with Gasteiger partial charge in [0.05, 0.1) is 13.2 Å². The van der Waals surface area contributed by atoms with Gasteiger partial charge in [0.1, 0.15) is 6.54 Å². The van der Waals surface area contributed by atoms with Gasteiger partial charge < -0.3 is 15.2 Å². The van der Waals surface area contributed by atoms with Gasteiger partial charge >= 0.3 is 12.1 Å². The Balaban J connectivity index is 2.02. The van der Waals surface area contributed by atoms with Gasteiger partial charge in [0, 0.05) is 12.2 Å². The molecule has 114 valence electrons. The number of carboxylic acid groups (broad SMARTS) is 1. The average molecular weight is 292 g/mol. The molecule has 1 aromatic carbocycles. The number of fused-ring (bicyclic) bond motifs is 1. The number of rotatable bonds is 5. The van der Waals surface area contributed by atoms with Gasteiger partial charge in [-0.15, -0.1) is 0 Å². The Morgan fingerprint density at radius 3 is 2.81 bits per heavy atom. The topological polar surface area (TPSA) is 78.9 Å². The van der Waals surface area contributed by atoms with Crippen LogP contribution in [0.2, 0.25) is 0 Å². The highest BCUT2D eigenvalue weighted by Gasteiger charge is 2.26. The second kappa shape index (κ2) is 6.47. The fourth-order valence-electron chi connectivity index (χ4n) is 2.22. The van der Waals surface area contributed by atoms with Crippen molar-refractivity contribution in [2.75, 3.05) is 18.5 Å². The number of amides is 1. The number of benzene rings is 1. The Labute approximate surface area is 123 Å². The minimum atomic E-state index is -0.918. The van der Waals surface area contributed by atoms with E-state index in [0.717, 1.165) is 16.8 Å². The maximum absolute atomic E-state index is 12.0. The van der Waals surface area contributed by atoms with Crippen molar-refractivity contribution < 1.29 is 19.4 Å². The molecule has 0 aromatic heterocycles. The molecule has 1 aliphatic rings. The third-order valence-electron chi connectivity index (χ3n) is 3.21. The lowest BCUT2D eigenvalue weighted by atomic mass is 10.1. The Bertz CT molecular complexity index is 542. The van der Waals surface area contributed by atoms with E-state index in [2.05, 4.69) is 5.32 Å². The molecule has 1 aromatic rings. The van der Waals surface area contributed by atoms with Crippen LogP contribution in [-0.4, -0.2) is 35.2 Å². The van der Waals surface area contributed by atoms with Crippen LogP contribution in [0.25, 0.3) is 0 Å². The zero-order valence-corrected chi connectivity index (χ0v) is 12.3. The molecule has 0 saturated heterocycles. The summed E-state index contributed by atoms with van der Waals surface area (Å²) in [5.74, 6) is -0.620. The minimum Gasteiger partial charge on any atom is -0.480 e. The Hall–Kier alpha value is -2.24. The molecule has 0 unspecified atom stereocenters. The Kier molecular flexibility index (Phi) is 4.67. The summed E-state index contributed by atoms with van der Waals surface area (Å²) in [7, 11) is 0. The summed E-state index contributed by atoms with van der Waals surface area (Å²) in [5.41, 5.74) is 2.74. The number of carbonyl (C=O) groups is 2. The maximum atomic E-state index is 12.0. The van der Waals surface area contributed by atoms with E-state index >= 15 is 0 Å². The fraction of sp³-hybridized carbons (Fsp3) is 0.467. The van der Waals surface area contributed by atoms with Gasteiger partial charge in [0.2, 0.25) is 0 Å². The molecule has 2 rings (SSSR count). The van der Waals surface area contributed by atoms with Crippen LogP contribution >= 0.6 is 0 Å². The molecule has 0 fully saturated rings. The lowest BCUT2D eigenvalue weighted by molar-refractivity contribution is -0.134. The van der Waals surface area contributed by atoms with Gasteiger partial charge in [-0.25, -0.2) is 4.79 Å². The summed E-state index contributed by atoms with van der Waals surface area (Å²) in [4.78, 5) is 24.3. The van der Waals surface area contributed by atoms with Crippen LogP contribution in [0.1, 0.15) is 25.0 Å². The minimum absolute atomic E-state index is 0.145. The second-order valence-corrected chi connectivity index (χ2v) is 5.52. The summed E-state index contributed by atoms with van der Waals surface area (Å²) in [6.07, 6.45) is -0.330. The molecule has 6 nitrogen and oxygen atoms in total. The van der Waals surface area contributed by atoms with Gasteiger partial charge in [0.25, 0.3) is 0 Å². The maximum Gasteiger partial charge on any atom is 0.410 e. The van der Waals surface area contributed by atoms with E-state index in [0.29, 0.717) is 25.6 Å². The predicted octanol–water partition coefficient (Wildman–Crippen LogP) is 2.29. The van der Waals surface area contributed by atoms with Crippen molar-refractivity contribution in [3.05, 3.63) is 29.3 Å². The highest BCUT2D eigenvalue weighted by molar-refractivity contribution is 5.74. The Morgan fingerprint density at radius 2 is 2.14 bits per heavy atom. The molecule has 6 heteroatoms. The second-order valence-electron chi connectivity index (χ2n) is 5.52. The van der Waals surface area contributed by atoms with Gasteiger partial charge in [-0.3, -0.25) is 9.69 Å². The summed E-state index contributed by atoms with van der Waals surface area (Å²) >= 11 is 0. The van der Waals surface area contributed by atoms with E-state index in [-0.39, 0.29) is 12.6 Å². The highest BCUT2D eigenvalue weighted by Crippen LogP contribution is 2.29. The van der Waals surface area contributed by atoms with Crippen molar-refractivity contribution in [2.24, 2.45) is 5.92 Å². The lowest BCUT2D eigenvalue weighted by Crippen LogP contribution is -2.27. The van der Waals surface area contributed by atoms with Gasteiger partial charge in [0.15, 0.2) is 0 Å². The molecule has 21 heavy (non-hydrogen) atoms. The third-order valence-corrected chi connectivity index (χ3v) is 3.21. The first-order valence-corrected chi connectivity index (χ1v) is 6.95. The van der Waals surface area contributed by atoms with E-state index in [1.165, 1.54) is 0 Å². The van der Waals surface area contributed by atoms with Gasteiger partial charge in [-0.1, -0.05) is 26.0 Å². The molecule has 0 atom stereocenters. The van der Waals surface area contributed by atoms with Gasteiger partial charge in [-0.05, 0) is 23.1 Å². The highest BCUT2D eigenvalue weighted by atomic mass is 16.6. The molecule has 0 saturated carbocycles. The number of ether oxygens (including phenoxy) is 1. The van der Waals surface area contributed by atoms with Crippen molar-refractivity contribution in [3.8, 4) is 0 Å². The number of aliphatic carboxylic acids is 1. The number of carboxylic acids is 1. The van der Waals surface area contributed by atoms with E-state index in [4.69, 9.17) is 9.84 Å².